The summed E-state index contributed by atoms with van der Waals surface area (Å²) in [6.07, 6.45) is 0. The topological polar surface area (TPSA) is 44.5 Å². The summed E-state index contributed by atoms with van der Waals surface area (Å²) in [6, 6.07) is 1.88. The molecule has 1 rings (SSSR count). The average molecular weight is 260 g/mol. The summed E-state index contributed by atoms with van der Waals surface area (Å²) in [5.41, 5.74) is 7.72. The van der Waals surface area contributed by atoms with Crippen LogP contribution in [0.15, 0.2) is 10.5 Å². The molecule has 0 spiro atoms. The van der Waals surface area contributed by atoms with Crippen molar-refractivity contribution in [3.05, 3.63) is 21.7 Å². The maximum Gasteiger partial charge on any atom is 0.165 e. The third-order valence-electron chi connectivity index (χ3n) is 2.19. The van der Waals surface area contributed by atoms with Gasteiger partial charge in [-0.15, -0.1) is 0 Å². The van der Waals surface area contributed by atoms with Crippen LogP contribution in [0.25, 0.3) is 0 Å². The monoisotopic (exact) mass is 259 g/mol. The second-order valence-corrected chi connectivity index (χ2v) is 3.76. The van der Waals surface area contributed by atoms with Crippen LogP contribution >= 0.6 is 15.9 Å². The lowest BCUT2D eigenvalue weighted by Crippen LogP contribution is -2.04. The lowest BCUT2D eigenvalue weighted by atomic mass is 10.1. The van der Waals surface area contributed by atoms with Gasteiger partial charge in [-0.2, -0.15) is 0 Å². The highest BCUT2D eigenvalue weighted by Crippen LogP contribution is 2.37. The van der Waals surface area contributed by atoms with Crippen molar-refractivity contribution in [3.8, 4) is 11.5 Å². The molecule has 0 aromatic heterocycles. The summed E-state index contributed by atoms with van der Waals surface area (Å²) in [4.78, 5) is 0. The molecule has 0 radical (unpaired) electrons. The van der Waals surface area contributed by atoms with Gasteiger partial charge in [-0.1, -0.05) is 15.9 Å². The van der Waals surface area contributed by atoms with Gasteiger partial charge in [0, 0.05) is 16.6 Å². The standard InChI is InChI=1S/C10H14BrNO2/c1-6-7(5-12)10(14-3)9(13-2)4-8(6)11/h4H,5,12H2,1-3H3. The molecule has 0 unspecified atom stereocenters. The van der Waals surface area contributed by atoms with Crippen molar-refractivity contribution in [2.24, 2.45) is 5.73 Å². The first-order valence-corrected chi connectivity index (χ1v) is 5.05. The first kappa shape index (κ1) is 11.3. The fourth-order valence-electron chi connectivity index (χ4n) is 1.37. The highest BCUT2D eigenvalue weighted by molar-refractivity contribution is 9.10. The normalized spacial score (nSPS) is 10.1. The van der Waals surface area contributed by atoms with Gasteiger partial charge in [-0.25, -0.2) is 0 Å². The van der Waals surface area contributed by atoms with E-state index in [4.69, 9.17) is 15.2 Å². The van der Waals surface area contributed by atoms with Gasteiger partial charge in [-0.05, 0) is 18.6 Å². The highest BCUT2D eigenvalue weighted by Gasteiger charge is 2.14. The number of halogens is 1. The van der Waals surface area contributed by atoms with Gasteiger partial charge < -0.3 is 15.2 Å². The Morgan fingerprint density at radius 3 is 2.43 bits per heavy atom. The average Bonchev–Trinajstić information content (AvgIpc) is 2.20. The highest BCUT2D eigenvalue weighted by atomic mass is 79.9. The first-order chi connectivity index (χ1) is 6.65. The maximum atomic E-state index is 5.66. The van der Waals surface area contributed by atoms with Crippen LogP contribution in [-0.2, 0) is 6.54 Å². The van der Waals surface area contributed by atoms with Crippen LogP contribution in [0.1, 0.15) is 11.1 Å². The molecule has 78 valence electrons. The van der Waals surface area contributed by atoms with Crippen LogP contribution < -0.4 is 15.2 Å². The maximum absolute atomic E-state index is 5.66. The third-order valence-corrected chi connectivity index (χ3v) is 3.02. The summed E-state index contributed by atoms with van der Waals surface area (Å²) < 4.78 is 11.5. The van der Waals surface area contributed by atoms with Crippen LogP contribution in [0.2, 0.25) is 0 Å². The SMILES string of the molecule is COc1cc(Br)c(C)c(CN)c1OC. The largest absolute Gasteiger partial charge is 0.493 e. The molecule has 3 nitrogen and oxygen atoms in total. The summed E-state index contributed by atoms with van der Waals surface area (Å²) in [5, 5.41) is 0. The molecular weight excluding hydrogens is 246 g/mol. The molecule has 0 amide bonds. The Bertz CT molecular complexity index is 339. The van der Waals surface area contributed by atoms with Crippen molar-refractivity contribution >= 4 is 15.9 Å². The predicted molar refractivity (Wildman–Crippen MR) is 59.9 cm³/mol. The molecule has 0 saturated carbocycles. The van der Waals surface area contributed by atoms with E-state index < -0.39 is 0 Å². The Morgan fingerprint density at radius 2 is 2.00 bits per heavy atom. The van der Waals surface area contributed by atoms with Crippen LogP contribution in [-0.4, -0.2) is 14.2 Å². The number of methoxy groups -OCH3 is 2. The molecule has 0 atom stereocenters. The molecule has 0 aliphatic heterocycles. The van der Waals surface area contributed by atoms with Crippen LogP contribution in [0, 0.1) is 6.92 Å². The van der Waals surface area contributed by atoms with E-state index in [9.17, 15) is 0 Å². The zero-order chi connectivity index (χ0) is 10.7. The lowest BCUT2D eigenvalue weighted by Gasteiger charge is -2.15. The number of benzene rings is 1. The van der Waals surface area contributed by atoms with E-state index in [2.05, 4.69) is 15.9 Å². The van der Waals surface area contributed by atoms with Gasteiger partial charge in [0.25, 0.3) is 0 Å². The molecule has 0 heterocycles. The second kappa shape index (κ2) is 4.66. The van der Waals surface area contributed by atoms with Crippen molar-refractivity contribution in [2.75, 3.05) is 14.2 Å². The molecule has 0 aliphatic carbocycles. The van der Waals surface area contributed by atoms with E-state index in [1.165, 1.54) is 0 Å². The fourth-order valence-corrected chi connectivity index (χ4v) is 1.82. The third kappa shape index (κ3) is 1.86. The number of hydrogen-bond acceptors (Lipinski definition) is 3. The molecule has 0 aliphatic rings. The molecule has 14 heavy (non-hydrogen) atoms. The van der Waals surface area contributed by atoms with Crippen molar-refractivity contribution in [2.45, 2.75) is 13.5 Å². The van der Waals surface area contributed by atoms with Crippen LogP contribution in [0.3, 0.4) is 0 Å². The first-order valence-electron chi connectivity index (χ1n) is 4.25. The molecule has 0 fully saturated rings. The quantitative estimate of drug-likeness (QED) is 0.906. The fraction of sp³-hybridized carbons (Fsp3) is 0.400. The zero-order valence-corrected chi connectivity index (χ0v) is 10.1. The Morgan fingerprint density at radius 1 is 1.36 bits per heavy atom. The van der Waals surface area contributed by atoms with Gasteiger partial charge in [0.05, 0.1) is 14.2 Å². The zero-order valence-electron chi connectivity index (χ0n) is 8.56. The van der Waals surface area contributed by atoms with Gasteiger partial charge >= 0.3 is 0 Å². The van der Waals surface area contributed by atoms with Crippen molar-refractivity contribution < 1.29 is 9.47 Å². The van der Waals surface area contributed by atoms with E-state index in [0.29, 0.717) is 12.3 Å². The van der Waals surface area contributed by atoms with E-state index in [1.807, 2.05) is 13.0 Å². The number of rotatable bonds is 3. The Kier molecular flexibility index (Phi) is 3.77. The van der Waals surface area contributed by atoms with Crippen molar-refractivity contribution in [1.29, 1.82) is 0 Å². The van der Waals surface area contributed by atoms with E-state index in [0.717, 1.165) is 21.3 Å². The summed E-state index contributed by atoms with van der Waals surface area (Å²) in [7, 11) is 3.23. The molecule has 2 N–H and O–H groups in total. The molecule has 0 saturated heterocycles. The van der Waals surface area contributed by atoms with Gasteiger partial charge in [0.2, 0.25) is 0 Å². The Balaban J connectivity index is 3.42. The minimum absolute atomic E-state index is 0.435. The Hall–Kier alpha value is -0.740. The second-order valence-electron chi connectivity index (χ2n) is 2.90. The minimum Gasteiger partial charge on any atom is -0.493 e. The molecule has 1 aromatic carbocycles. The molecular formula is C10H14BrNO2. The minimum atomic E-state index is 0.435. The van der Waals surface area contributed by atoms with Gasteiger partial charge in [0.1, 0.15) is 0 Å². The summed E-state index contributed by atoms with van der Waals surface area (Å²) in [5.74, 6) is 1.42. The summed E-state index contributed by atoms with van der Waals surface area (Å²) in [6.45, 7) is 2.43. The Labute approximate surface area is 92.3 Å². The number of hydrogen-bond donors (Lipinski definition) is 1. The smallest absolute Gasteiger partial charge is 0.165 e. The molecule has 4 heteroatoms. The predicted octanol–water partition coefficient (Wildman–Crippen LogP) is 2.23. The molecule has 1 aromatic rings. The summed E-state index contributed by atoms with van der Waals surface area (Å²) >= 11 is 3.45. The van der Waals surface area contributed by atoms with Crippen molar-refractivity contribution in [1.82, 2.24) is 0 Å². The van der Waals surface area contributed by atoms with E-state index in [1.54, 1.807) is 14.2 Å². The van der Waals surface area contributed by atoms with Crippen LogP contribution in [0.5, 0.6) is 11.5 Å². The van der Waals surface area contributed by atoms with E-state index in [-0.39, 0.29) is 0 Å². The van der Waals surface area contributed by atoms with E-state index >= 15 is 0 Å². The van der Waals surface area contributed by atoms with Crippen LogP contribution in [0.4, 0.5) is 0 Å². The van der Waals surface area contributed by atoms with Gasteiger partial charge in [-0.3, -0.25) is 0 Å². The number of nitrogens with two attached hydrogens (primary N) is 1. The van der Waals surface area contributed by atoms with Crippen molar-refractivity contribution in [3.63, 3.8) is 0 Å². The van der Waals surface area contributed by atoms with Gasteiger partial charge in [0.15, 0.2) is 11.5 Å². The molecule has 0 bridgehead atoms. The number of ether oxygens (including phenoxy) is 2. The lowest BCUT2D eigenvalue weighted by molar-refractivity contribution is 0.351.